The average molecular weight is 236 g/mol. The lowest BCUT2D eigenvalue weighted by Crippen LogP contribution is -2.40. The summed E-state index contributed by atoms with van der Waals surface area (Å²) in [5.41, 5.74) is 7.05. The second-order valence-corrected chi connectivity index (χ2v) is 4.28. The largest absolute Gasteiger partial charge is 0.478 e. The van der Waals surface area contributed by atoms with Crippen LogP contribution in [0.3, 0.4) is 0 Å². The van der Waals surface area contributed by atoms with Gasteiger partial charge in [0.25, 0.3) is 0 Å². The van der Waals surface area contributed by atoms with Crippen LogP contribution in [0.5, 0.6) is 0 Å². The summed E-state index contributed by atoms with van der Waals surface area (Å²) in [4.78, 5) is 11.0. The Kier molecular flexibility index (Phi) is 3.19. The molecule has 2 rings (SSSR count). The fourth-order valence-corrected chi connectivity index (χ4v) is 1.96. The van der Waals surface area contributed by atoms with Crippen LogP contribution in [-0.4, -0.2) is 30.3 Å². The molecule has 0 radical (unpaired) electrons. The third-order valence-electron chi connectivity index (χ3n) is 3.06. The quantitative estimate of drug-likeness (QED) is 0.691. The molecule has 1 aromatic carbocycles. The van der Waals surface area contributed by atoms with E-state index in [1.165, 1.54) is 6.07 Å². The first kappa shape index (κ1) is 11.7. The Balaban J connectivity index is 2.09. The number of carboxylic acids is 1. The van der Waals surface area contributed by atoms with Crippen molar-refractivity contribution >= 4 is 17.3 Å². The van der Waals surface area contributed by atoms with Crippen molar-refractivity contribution in [3.05, 3.63) is 23.8 Å². The molecule has 0 atom stereocenters. The first-order valence-electron chi connectivity index (χ1n) is 5.52. The van der Waals surface area contributed by atoms with Crippen molar-refractivity contribution in [2.75, 3.05) is 18.2 Å². The van der Waals surface area contributed by atoms with Gasteiger partial charge in [0.15, 0.2) is 0 Å². The molecule has 0 aliphatic heterocycles. The number of nitrogen functional groups attached to an aromatic ring is 1. The minimum absolute atomic E-state index is 0.250. The third-order valence-corrected chi connectivity index (χ3v) is 3.06. The van der Waals surface area contributed by atoms with Gasteiger partial charge < -0.3 is 20.9 Å². The SMILES string of the molecule is COC1CC(Nc2cc(N)ccc2C(=O)O)C1. The third kappa shape index (κ3) is 2.50. The van der Waals surface area contributed by atoms with Gasteiger partial charge >= 0.3 is 5.97 Å². The summed E-state index contributed by atoms with van der Waals surface area (Å²) in [6.07, 6.45) is 2.07. The molecule has 0 unspecified atom stereocenters. The number of carboxylic acid groups (broad SMARTS) is 1. The molecule has 1 aromatic rings. The van der Waals surface area contributed by atoms with Crippen LogP contribution in [0.25, 0.3) is 0 Å². The van der Waals surface area contributed by atoms with Crippen molar-refractivity contribution in [3.63, 3.8) is 0 Å². The predicted molar refractivity (Wildman–Crippen MR) is 65.3 cm³/mol. The summed E-state index contributed by atoms with van der Waals surface area (Å²) in [5, 5.41) is 12.2. The van der Waals surface area contributed by atoms with Crippen molar-refractivity contribution in [1.29, 1.82) is 0 Å². The molecule has 1 fully saturated rings. The van der Waals surface area contributed by atoms with Gasteiger partial charge in [-0.2, -0.15) is 0 Å². The van der Waals surface area contributed by atoms with Crippen LogP contribution in [0.15, 0.2) is 18.2 Å². The molecule has 0 bridgehead atoms. The lowest BCUT2D eigenvalue weighted by atomic mass is 9.89. The molecular weight excluding hydrogens is 220 g/mol. The highest BCUT2D eigenvalue weighted by Crippen LogP contribution is 2.28. The van der Waals surface area contributed by atoms with Crippen LogP contribution in [0.1, 0.15) is 23.2 Å². The first-order chi connectivity index (χ1) is 8.10. The van der Waals surface area contributed by atoms with Gasteiger partial charge in [0, 0.05) is 18.8 Å². The second kappa shape index (κ2) is 4.63. The van der Waals surface area contributed by atoms with E-state index >= 15 is 0 Å². The Bertz CT molecular complexity index is 428. The van der Waals surface area contributed by atoms with E-state index in [2.05, 4.69) is 5.32 Å². The highest BCUT2D eigenvalue weighted by molar-refractivity contribution is 5.95. The van der Waals surface area contributed by atoms with E-state index in [4.69, 9.17) is 15.6 Å². The lowest BCUT2D eigenvalue weighted by molar-refractivity contribution is 0.0328. The van der Waals surface area contributed by atoms with E-state index in [-0.39, 0.29) is 17.7 Å². The van der Waals surface area contributed by atoms with Crippen molar-refractivity contribution in [2.24, 2.45) is 0 Å². The maximum Gasteiger partial charge on any atom is 0.337 e. The van der Waals surface area contributed by atoms with E-state index in [0.29, 0.717) is 11.4 Å². The number of hydrogen-bond acceptors (Lipinski definition) is 4. The predicted octanol–water partition coefficient (Wildman–Crippen LogP) is 1.56. The smallest absolute Gasteiger partial charge is 0.337 e. The van der Waals surface area contributed by atoms with Crippen LogP contribution < -0.4 is 11.1 Å². The topological polar surface area (TPSA) is 84.6 Å². The summed E-state index contributed by atoms with van der Waals surface area (Å²) in [7, 11) is 1.68. The molecule has 4 N–H and O–H groups in total. The maximum absolute atomic E-state index is 11.0. The summed E-state index contributed by atoms with van der Waals surface area (Å²) in [6, 6.07) is 5.03. The molecule has 0 heterocycles. The minimum Gasteiger partial charge on any atom is -0.478 e. The van der Waals surface area contributed by atoms with Crippen LogP contribution in [0.4, 0.5) is 11.4 Å². The Morgan fingerprint density at radius 2 is 2.24 bits per heavy atom. The monoisotopic (exact) mass is 236 g/mol. The number of rotatable bonds is 4. The van der Waals surface area contributed by atoms with Gasteiger partial charge in [-0.15, -0.1) is 0 Å². The van der Waals surface area contributed by atoms with Gasteiger partial charge in [0.1, 0.15) is 0 Å². The number of ether oxygens (including phenoxy) is 1. The molecular formula is C12H16N2O3. The number of aromatic carboxylic acids is 1. The molecule has 5 heteroatoms. The van der Waals surface area contributed by atoms with Crippen molar-refractivity contribution in [1.82, 2.24) is 0 Å². The zero-order chi connectivity index (χ0) is 12.4. The maximum atomic E-state index is 11.0. The highest BCUT2D eigenvalue weighted by Gasteiger charge is 2.29. The van der Waals surface area contributed by atoms with Crippen molar-refractivity contribution < 1.29 is 14.6 Å². The zero-order valence-electron chi connectivity index (χ0n) is 9.64. The van der Waals surface area contributed by atoms with Crippen LogP contribution >= 0.6 is 0 Å². The summed E-state index contributed by atoms with van der Waals surface area (Å²) in [5.74, 6) is -0.949. The van der Waals surface area contributed by atoms with E-state index in [0.717, 1.165) is 12.8 Å². The number of carbonyl (C=O) groups is 1. The number of anilines is 2. The Morgan fingerprint density at radius 1 is 1.53 bits per heavy atom. The van der Waals surface area contributed by atoms with E-state index < -0.39 is 5.97 Å². The van der Waals surface area contributed by atoms with Crippen LogP contribution in [0.2, 0.25) is 0 Å². The number of methoxy groups -OCH3 is 1. The van der Waals surface area contributed by atoms with E-state index in [9.17, 15) is 4.79 Å². The van der Waals surface area contributed by atoms with Gasteiger partial charge in [-0.3, -0.25) is 0 Å². The zero-order valence-corrected chi connectivity index (χ0v) is 9.64. The Hall–Kier alpha value is -1.75. The normalized spacial score (nSPS) is 22.9. The van der Waals surface area contributed by atoms with Crippen LogP contribution in [-0.2, 0) is 4.74 Å². The molecule has 5 nitrogen and oxygen atoms in total. The molecule has 0 saturated heterocycles. The molecule has 1 saturated carbocycles. The summed E-state index contributed by atoms with van der Waals surface area (Å²) in [6.45, 7) is 0. The molecule has 17 heavy (non-hydrogen) atoms. The minimum atomic E-state index is -0.949. The summed E-state index contributed by atoms with van der Waals surface area (Å²) < 4.78 is 5.17. The number of nitrogens with two attached hydrogens (primary N) is 1. The second-order valence-electron chi connectivity index (χ2n) is 4.28. The molecule has 0 amide bonds. The van der Waals surface area contributed by atoms with Gasteiger partial charge in [-0.1, -0.05) is 0 Å². The molecule has 92 valence electrons. The number of nitrogens with one attached hydrogen (secondary N) is 1. The standard InChI is InChI=1S/C12H16N2O3/c1-17-9-5-8(6-9)14-11-4-7(13)2-3-10(11)12(15)16/h2-4,8-9,14H,5-6,13H2,1H3,(H,15,16). The van der Waals surface area contributed by atoms with Crippen LogP contribution in [0, 0.1) is 0 Å². The van der Waals surface area contributed by atoms with E-state index in [1.54, 1.807) is 19.2 Å². The van der Waals surface area contributed by atoms with Gasteiger partial charge in [-0.05, 0) is 31.0 Å². The molecule has 0 spiro atoms. The fourth-order valence-electron chi connectivity index (χ4n) is 1.96. The van der Waals surface area contributed by atoms with Gasteiger partial charge in [0.2, 0.25) is 0 Å². The van der Waals surface area contributed by atoms with Gasteiger partial charge in [0.05, 0.1) is 17.4 Å². The Labute approximate surface area is 99.6 Å². The fraction of sp³-hybridized carbons (Fsp3) is 0.417. The summed E-state index contributed by atoms with van der Waals surface area (Å²) >= 11 is 0. The molecule has 1 aliphatic carbocycles. The molecule has 1 aliphatic rings. The number of benzene rings is 1. The Morgan fingerprint density at radius 3 is 2.82 bits per heavy atom. The molecule has 0 aromatic heterocycles. The van der Waals surface area contributed by atoms with Crippen molar-refractivity contribution in [3.8, 4) is 0 Å². The first-order valence-corrected chi connectivity index (χ1v) is 5.52. The average Bonchev–Trinajstić information content (AvgIpc) is 2.22. The number of hydrogen-bond donors (Lipinski definition) is 3. The highest BCUT2D eigenvalue weighted by atomic mass is 16.5. The van der Waals surface area contributed by atoms with Crippen molar-refractivity contribution in [2.45, 2.75) is 25.0 Å². The van der Waals surface area contributed by atoms with E-state index in [1.807, 2.05) is 0 Å². The lowest BCUT2D eigenvalue weighted by Gasteiger charge is -2.35. The van der Waals surface area contributed by atoms with Gasteiger partial charge in [-0.25, -0.2) is 4.79 Å².